The van der Waals surface area contributed by atoms with Crippen LogP contribution in [0, 0.1) is 0 Å². The van der Waals surface area contributed by atoms with Crippen molar-refractivity contribution in [2.75, 3.05) is 25.5 Å². The lowest BCUT2D eigenvalue weighted by Gasteiger charge is -2.15. The number of benzene rings is 1. The van der Waals surface area contributed by atoms with Crippen molar-refractivity contribution >= 4 is 17.0 Å². The van der Waals surface area contributed by atoms with Crippen LogP contribution in [0.3, 0.4) is 0 Å². The quantitative estimate of drug-likeness (QED) is 0.853. The number of rotatable bonds is 2. The zero-order chi connectivity index (χ0) is 12.4. The number of hydrogen-bond acceptors (Lipinski definition) is 3. The Kier molecular flexibility index (Phi) is 3.19. The molecule has 96 valence electrons. The van der Waals surface area contributed by atoms with E-state index in [1.54, 1.807) is 0 Å². The van der Waals surface area contributed by atoms with Crippen LogP contribution >= 0.6 is 0 Å². The van der Waals surface area contributed by atoms with Crippen molar-refractivity contribution in [2.24, 2.45) is 0 Å². The molecule has 4 heteroatoms. The van der Waals surface area contributed by atoms with Crippen LogP contribution < -0.4 is 5.32 Å². The number of para-hydroxylation sites is 2. The molecule has 2 heterocycles. The summed E-state index contributed by atoms with van der Waals surface area (Å²) in [6.07, 6.45) is 3.67. The van der Waals surface area contributed by atoms with Crippen LogP contribution in [-0.2, 0) is 0 Å². The molecule has 0 radical (unpaired) electrons. The number of nitrogens with one attached hydrogen (secondary N) is 2. The van der Waals surface area contributed by atoms with E-state index >= 15 is 0 Å². The maximum Gasteiger partial charge on any atom is 0.201 e. The number of likely N-dealkylation sites (tertiary alicyclic amines) is 1. The lowest BCUT2D eigenvalue weighted by Crippen LogP contribution is -2.23. The Balaban J connectivity index is 1.71. The Morgan fingerprint density at radius 3 is 3.06 bits per heavy atom. The van der Waals surface area contributed by atoms with Crippen molar-refractivity contribution in [1.82, 2.24) is 14.9 Å². The maximum absolute atomic E-state index is 4.58. The Morgan fingerprint density at radius 2 is 2.17 bits per heavy atom. The van der Waals surface area contributed by atoms with Gasteiger partial charge in [-0.1, -0.05) is 12.1 Å². The number of nitrogens with zero attached hydrogens (tertiary/aromatic N) is 2. The van der Waals surface area contributed by atoms with Gasteiger partial charge in [-0.3, -0.25) is 0 Å². The summed E-state index contributed by atoms with van der Waals surface area (Å²) >= 11 is 0. The number of imidazole rings is 1. The van der Waals surface area contributed by atoms with Gasteiger partial charge in [0.15, 0.2) is 0 Å². The number of anilines is 1. The third-order valence-corrected chi connectivity index (χ3v) is 3.68. The van der Waals surface area contributed by atoms with Crippen LogP contribution in [0.25, 0.3) is 11.0 Å². The average molecular weight is 244 g/mol. The minimum atomic E-state index is 0.538. The van der Waals surface area contributed by atoms with E-state index in [0.717, 1.165) is 23.5 Å². The average Bonchev–Trinajstić information content (AvgIpc) is 2.66. The molecule has 2 N–H and O–H groups in total. The summed E-state index contributed by atoms with van der Waals surface area (Å²) in [5, 5.41) is 3.54. The van der Waals surface area contributed by atoms with E-state index in [1.165, 1.54) is 25.8 Å². The molecule has 1 unspecified atom stereocenters. The third kappa shape index (κ3) is 2.48. The lowest BCUT2D eigenvalue weighted by atomic mass is 10.1. The molecule has 0 aliphatic carbocycles. The Bertz CT molecular complexity index is 486. The van der Waals surface area contributed by atoms with Crippen LogP contribution in [0.2, 0.25) is 0 Å². The summed E-state index contributed by atoms with van der Waals surface area (Å²) in [4.78, 5) is 10.3. The zero-order valence-electron chi connectivity index (χ0n) is 10.8. The molecule has 0 spiro atoms. The van der Waals surface area contributed by atoms with Gasteiger partial charge in [0.05, 0.1) is 11.0 Å². The first kappa shape index (κ1) is 11.5. The lowest BCUT2D eigenvalue weighted by molar-refractivity contribution is 0.348. The fourth-order valence-electron chi connectivity index (χ4n) is 2.60. The molecule has 1 fully saturated rings. The van der Waals surface area contributed by atoms with Crippen LogP contribution in [0.5, 0.6) is 0 Å². The van der Waals surface area contributed by atoms with E-state index in [-0.39, 0.29) is 0 Å². The molecule has 0 bridgehead atoms. The Morgan fingerprint density at radius 1 is 1.28 bits per heavy atom. The van der Waals surface area contributed by atoms with Gasteiger partial charge in [-0.25, -0.2) is 4.98 Å². The fourth-order valence-corrected chi connectivity index (χ4v) is 2.60. The second kappa shape index (κ2) is 4.98. The number of aromatic amines is 1. The van der Waals surface area contributed by atoms with Crippen LogP contribution in [0.1, 0.15) is 19.3 Å². The molecule has 1 aliphatic heterocycles. The smallest absolute Gasteiger partial charge is 0.201 e. The van der Waals surface area contributed by atoms with Gasteiger partial charge in [0.2, 0.25) is 5.95 Å². The van der Waals surface area contributed by atoms with Gasteiger partial charge in [-0.15, -0.1) is 0 Å². The van der Waals surface area contributed by atoms with Gasteiger partial charge in [-0.05, 0) is 51.5 Å². The number of H-pyrrole nitrogens is 1. The van der Waals surface area contributed by atoms with Crippen molar-refractivity contribution in [3.05, 3.63) is 24.3 Å². The summed E-state index contributed by atoms with van der Waals surface area (Å²) in [5.74, 6) is 0.908. The molecule has 3 rings (SSSR count). The predicted octanol–water partition coefficient (Wildman–Crippen LogP) is 2.46. The highest BCUT2D eigenvalue weighted by atomic mass is 15.1. The van der Waals surface area contributed by atoms with Crippen LogP contribution in [0.15, 0.2) is 24.3 Å². The van der Waals surface area contributed by atoms with E-state index in [4.69, 9.17) is 0 Å². The molecule has 4 nitrogen and oxygen atoms in total. The standard InChI is InChI=1S/C14H20N4/c1-18-9-4-5-11(8-10-18)15-14-16-12-6-2-3-7-13(12)17-14/h2-3,6-7,11H,4-5,8-10H2,1H3,(H2,15,16,17). The van der Waals surface area contributed by atoms with E-state index in [0.29, 0.717) is 6.04 Å². The molecule has 1 aromatic heterocycles. The van der Waals surface area contributed by atoms with Gasteiger partial charge in [-0.2, -0.15) is 0 Å². The first-order chi connectivity index (χ1) is 8.81. The monoisotopic (exact) mass is 244 g/mol. The molecule has 18 heavy (non-hydrogen) atoms. The highest BCUT2D eigenvalue weighted by Gasteiger charge is 2.15. The molecule has 2 aromatic rings. The first-order valence-corrected chi connectivity index (χ1v) is 6.71. The van der Waals surface area contributed by atoms with Gasteiger partial charge in [0.1, 0.15) is 0 Å². The molecule has 1 saturated heterocycles. The summed E-state index contributed by atoms with van der Waals surface area (Å²) in [7, 11) is 2.20. The number of aromatic nitrogens is 2. The minimum Gasteiger partial charge on any atom is -0.353 e. The molecular formula is C14H20N4. The van der Waals surface area contributed by atoms with Crippen molar-refractivity contribution in [3.8, 4) is 0 Å². The number of fused-ring (bicyclic) bond motifs is 1. The summed E-state index contributed by atoms with van der Waals surface area (Å²) < 4.78 is 0. The molecular weight excluding hydrogens is 224 g/mol. The SMILES string of the molecule is CN1CCCC(Nc2nc3ccccc3[nH]2)CC1. The normalized spacial score (nSPS) is 21.9. The second-order valence-electron chi connectivity index (χ2n) is 5.18. The van der Waals surface area contributed by atoms with E-state index < -0.39 is 0 Å². The number of hydrogen-bond donors (Lipinski definition) is 2. The molecule has 0 saturated carbocycles. The third-order valence-electron chi connectivity index (χ3n) is 3.68. The highest BCUT2D eigenvalue weighted by molar-refractivity contribution is 5.77. The van der Waals surface area contributed by atoms with Crippen molar-refractivity contribution in [3.63, 3.8) is 0 Å². The molecule has 1 aromatic carbocycles. The first-order valence-electron chi connectivity index (χ1n) is 6.71. The predicted molar refractivity (Wildman–Crippen MR) is 74.9 cm³/mol. The van der Waals surface area contributed by atoms with E-state index in [2.05, 4.69) is 33.3 Å². The highest BCUT2D eigenvalue weighted by Crippen LogP contribution is 2.17. The summed E-state index contributed by atoms with van der Waals surface area (Å²) in [5.41, 5.74) is 2.14. The topological polar surface area (TPSA) is 44.0 Å². The summed E-state index contributed by atoms with van der Waals surface area (Å²) in [6.45, 7) is 2.37. The van der Waals surface area contributed by atoms with E-state index in [9.17, 15) is 0 Å². The maximum atomic E-state index is 4.58. The molecule has 1 atom stereocenters. The minimum absolute atomic E-state index is 0.538. The Hall–Kier alpha value is -1.55. The van der Waals surface area contributed by atoms with Gasteiger partial charge in [0.25, 0.3) is 0 Å². The largest absolute Gasteiger partial charge is 0.353 e. The summed E-state index contributed by atoms with van der Waals surface area (Å²) in [6, 6.07) is 8.69. The molecule has 0 amide bonds. The van der Waals surface area contributed by atoms with Gasteiger partial charge < -0.3 is 15.2 Å². The van der Waals surface area contributed by atoms with E-state index in [1.807, 2.05) is 18.2 Å². The van der Waals surface area contributed by atoms with Crippen molar-refractivity contribution < 1.29 is 0 Å². The van der Waals surface area contributed by atoms with Crippen molar-refractivity contribution in [1.29, 1.82) is 0 Å². The van der Waals surface area contributed by atoms with Crippen LogP contribution in [0.4, 0.5) is 5.95 Å². The molecule has 1 aliphatic rings. The van der Waals surface area contributed by atoms with Gasteiger partial charge >= 0.3 is 0 Å². The zero-order valence-corrected chi connectivity index (χ0v) is 10.8. The van der Waals surface area contributed by atoms with Gasteiger partial charge in [0, 0.05) is 6.04 Å². The fraction of sp³-hybridized carbons (Fsp3) is 0.500. The second-order valence-corrected chi connectivity index (χ2v) is 5.18. The van der Waals surface area contributed by atoms with Crippen LogP contribution in [-0.4, -0.2) is 41.0 Å². The Labute approximate surface area is 107 Å². The van der Waals surface area contributed by atoms with Crippen molar-refractivity contribution in [2.45, 2.75) is 25.3 Å².